The lowest BCUT2D eigenvalue weighted by Gasteiger charge is -2.32. The van der Waals surface area contributed by atoms with Crippen LogP contribution in [0.5, 0.6) is 0 Å². The smallest absolute Gasteiger partial charge is 0.0726 e. The van der Waals surface area contributed by atoms with Crippen LogP contribution in [0, 0.1) is 0 Å². The molecule has 4 aliphatic carbocycles. The van der Waals surface area contributed by atoms with Crippen molar-refractivity contribution in [3.8, 4) is 39.1 Å². The van der Waals surface area contributed by atoms with Crippen molar-refractivity contribution in [2.45, 2.75) is 43.9 Å². The maximum Gasteiger partial charge on any atom is 0.0726 e. The lowest BCUT2D eigenvalue weighted by Crippen LogP contribution is -2.26. The number of hydrogen-bond donors (Lipinski definition) is 0. The molecule has 0 saturated heterocycles. The maximum atomic E-state index is 2.51. The van der Waals surface area contributed by atoms with Gasteiger partial charge < -0.3 is 9.47 Å². The van der Waals surface area contributed by atoms with Crippen molar-refractivity contribution in [1.29, 1.82) is 0 Å². The molecule has 0 N–H and O–H groups in total. The second-order valence-electron chi connectivity index (χ2n) is 21.2. The maximum absolute atomic E-state index is 2.51. The average Bonchev–Trinajstić information content (AvgIpc) is 4.15. The van der Waals surface area contributed by atoms with Gasteiger partial charge in [-0.15, -0.1) is 0 Å². The molecular weight excluding hydrogens is 857 g/mol. The Hall–Kier alpha value is -8.46. The third-order valence-corrected chi connectivity index (χ3v) is 17.0. The third-order valence-electron chi connectivity index (χ3n) is 17.0. The minimum atomic E-state index is -0.453. The topological polar surface area (TPSA) is 8.17 Å². The van der Waals surface area contributed by atoms with E-state index in [2.05, 4.69) is 268 Å². The second kappa shape index (κ2) is 14.3. The van der Waals surface area contributed by atoms with E-state index in [1.807, 2.05) is 0 Å². The highest BCUT2D eigenvalue weighted by molar-refractivity contribution is 6.12. The average molecular weight is 907 g/mol. The van der Waals surface area contributed by atoms with Gasteiger partial charge in [0.2, 0.25) is 0 Å². The van der Waals surface area contributed by atoms with Gasteiger partial charge >= 0.3 is 0 Å². The van der Waals surface area contributed by atoms with Gasteiger partial charge in [-0.05, 0) is 156 Å². The highest BCUT2D eigenvalue weighted by Crippen LogP contribution is 2.65. The number of aromatic nitrogens is 1. The molecule has 0 radical (unpaired) electrons. The van der Waals surface area contributed by atoms with Crippen molar-refractivity contribution in [2.24, 2.45) is 0 Å². The van der Waals surface area contributed by atoms with Crippen LogP contribution in [0.1, 0.15) is 72.2 Å². The fourth-order valence-corrected chi connectivity index (χ4v) is 14.0. The molecule has 1 spiro atoms. The first-order chi connectivity index (χ1) is 34.7. The van der Waals surface area contributed by atoms with Gasteiger partial charge in [0.15, 0.2) is 0 Å². The highest BCUT2D eigenvalue weighted by Gasteiger charge is 2.52. The van der Waals surface area contributed by atoms with Gasteiger partial charge in [0.25, 0.3) is 0 Å². The largest absolute Gasteiger partial charge is 0.310 e. The molecule has 2 nitrogen and oxygen atoms in total. The van der Waals surface area contributed by atoms with Gasteiger partial charge in [-0.1, -0.05) is 191 Å². The molecule has 1 aromatic heterocycles. The molecule has 2 heteroatoms. The minimum absolute atomic E-state index is 0.0505. The van der Waals surface area contributed by atoms with Crippen LogP contribution in [0.25, 0.3) is 72.0 Å². The summed E-state index contributed by atoms with van der Waals surface area (Å²) in [5.41, 5.74) is 27.9. The van der Waals surface area contributed by atoms with Gasteiger partial charge in [-0.3, -0.25) is 0 Å². The molecule has 0 unspecified atom stereocenters. The van der Waals surface area contributed by atoms with Crippen LogP contribution in [0.4, 0.5) is 17.1 Å². The molecule has 1 heterocycles. The Kier molecular flexibility index (Phi) is 8.15. The van der Waals surface area contributed by atoms with E-state index < -0.39 is 5.41 Å². The van der Waals surface area contributed by atoms with Crippen LogP contribution in [0.15, 0.2) is 231 Å². The Bertz CT molecular complexity index is 4040. The number of nitrogens with zero attached hydrogens (tertiary/aromatic N) is 2. The lowest BCUT2D eigenvalue weighted by atomic mass is 9.70. The van der Waals surface area contributed by atoms with E-state index in [0.29, 0.717) is 0 Å². The van der Waals surface area contributed by atoms with Crippen molar-refractivity contribution >= 4 is 50.0 Å². The molecule has 336 valence electrons. The zero-order chi connectivity index (χ0) is 47.4. The Labute approximate surface area is 415 Å². The molecule has 4 aliphatic rings. The first-order valence-corrected chi connectivity index (χ1v) is 25.2. The summed E-state index contributed by atoms with van der Waals surface area (Å²) in [6, 6.07) is 86.8. The Morgan fingerprint density at radius 2 is 0.775 bits per heavy atom. The molecule has 0 bridgehead atoms. The molecule has 0 fully saturated rings. The van der Waals surface area contributed by atoms with E-state index in [1.165, 1.54) is 111 Å². The van der Waals surface area contributed by atoms with Gasteiger partial charge in [-0.25, -0.2) is 0 Å². The molecule has 15 rings (SSSR count). The zero-order valence-corrected chi connectivity index (χ0v) is 40.3. The number of benzene rings is 10. The molecule has 0 atom stereocenters. The van der Waals surface area contributed by atoms with Crippen LogP contribution in [-0.2, 0) is 16.2 Å². The Morgan fingerprint density at radius 3 is 1.45 bits per heavy atom. The predicted molar refractivity (Wildman–Crippen MR) is 297 cm³/mol. The van der Waals surface area contributed by atoms with E-state index in [-0.39, 0.29) is 10.8 Å². The fourth-order valence-electron chi connectivity index (χ4n) is 14.0. The summed E-state index contributed by atoms with van der Waals surface area (Å²) in [7, 11) is 0. The SMILES string of the molecule is CC1(C)C2=C(c3ccccc31)C(C)(C)c1cc(-c3ccc(N(c4ccc5c(c4)C4(c6ccccc6-c6ccccc64)c4ccccc4-5)c4ccc5c(c4)c4ccccc4n5-c4ccccc4)cc3)ccc12. The normalized spacial score (nSPS) is 15.6. The Morgan fingerprint density at radius 1 is 0.310 bits per heavy atom. The molecule has 10 aromatic carbocycles. The predicted octanol–water partition coefficient (Wildman–Crippen LogP) is 17.8. The van der Waals surface area contributed by atoms with E-state index in [0.717, 1.165) is 22.7 Å². The monoisotopic (exact) mass is 906 g/mol. The first kappa shape index (κ1) is 40.4. The minimum Gasteiger partial charge on any atom is -0.310 e. The third kappa shape index (κ3) is 5.27. The number of allylic oxidation sites excluding steroid dienone is 2. The van der Waals surface area contributed by atoms with Crippen molar-refractivity contribution in [2.75, 3.05) is 4.90 Å². The van der Waals surface area contributed by atoms with Crippen LogP contribution < -0.4 is 4.90 Å². The molecule has 0 amide bonds. The van der Waals surface area contributed by atoms with E-state index in [9.17, 15) is 0 Å². The molecule has 0 aliphatic heterocycles. The summed E-state index contributed by atoms with van der Waals surface area (Å²) in [6.45, 7) is 9.66. The number of hydrogen-bond acceptors (Lipinski definition) is 1. The van der Waals surface area contributed by atoms with Crippen molar-refractivity contribution in [3.05, 3.63) is 275 Å². The highest BCUT2D eigenvalue weighted by atomic mass is 15.1. The van der Waals surface area contributed by atoms with Crippen LogP contribution in [0.2, 0.25) is 0 Å². The van der Waals surface area contributed by atoms with E-state index >= 15 is 0 Å². The van der Waals surface area contributed by atoms with Gasteiger partial charge in [0.1, 0.15) is 0 Å². The van der Waals surface area contributed by atoms with Crippen LogP contribution >= 0.6 is 0 Å². The summed E-state index contributed by atoms with van der Waals surface area (Å²) in [5.74, 6) is 0. The Balaban J connectivity index is 0.913. The molecule has 71 heavy (non-hydrogen) atoms. The molecular formula is C69H50N2. The standard InChI is InChI=1S/C69H50N2/c1-67(2)57-25-13-11-24-54(57)65-66(67)55-37-32-44(40-61(55)68(65,3)4)43-30-33-46(34-31-43)70(47-36-39-64-56(41-47)53-23-12-17-29-63(53)71(64)45-18-6-5-7-19-45)48-35-38-52-51-22-10-16-28-60(51)69(62(52)42-48)58-26-14-8-20-49(58)50-21-9-15-27-59(50)69/h5-42H,1-4H3. The first-order valence-electron chi connectivity index (χ1n) is 25.2. The summed E-state index contributed by atoms with van der Waals surface area (Å²) in [4.78, 5) is 2.49. The lowest BCUT2D eigenvalue weighted by molar-refractivity contribution is 0.694. The van der Waals surface area contributed by atoms with E-state index in [4.69, 9.17) is 0 Å². The van der Waals surface area contributed by atoms with Crippen LogP contribution in [0.3, 0.4) is 0 Å². The summed E-state index contributed by atoms with van der Waals surface area (Å²) >= 11 is 0. The molecule has 11 aromatic rings. The van der Waals surface area contributed by atoms with Crippen molar-refractivity contribution in [3.63, 3.8) is 0 Å². The second-order valence-corrected chi connectivity index (χ2v) is 21.2. The van der Waals surface area contributed by atoms with Crippen LogP contribution in [-0.4, -0.2) is 4.57 Å². The summed E-state index contributed by atoms with van der Waals surface area (Å²) < 4.78 is 2.40. The number of rotatable bonds is 5. The quantitative estimate of drug-likeness (QED) is 0.167. The number of fused-ring (bicyclic) bond motifs is 17. The molecule has 0 saturated carbocycles. The van der Waals surface area contributed by atoms with Crippen molar-refractivity contribution in [1.82, 2.24) is 4.57 Å². The van der Waals surface area contributed by atoms with Gasteiger partial charge in [0, 0.05) is 44.4 Å². The number of anilines is 3. The van der Waals surface area contributed by atoms with Gasteiger partial charge in [0.05, 0.1) is 16.4 Å². The van der Waals surface area contributed by atoms with Crippen molar-refractivity contribution < 1.29 is 0 Å². The zero-order valence-electron chi connectivity index (χ0n) is 40.3. The summed E-state index contributed by atoms with van der Waals surface area (Å²) in [6.07, 6.45) is 0. The fraction of sp³-hybridized carbons (Fsp3) is 0.101. The number of para-hydroxylation sites is 2. The summed E-state index contributed by atoms with van der Waals surface area (Å²) in [5, 5.41) is 2.46. The van der Waals surface area contributed by atoms with E-state index in [1.54, 1.807) is 0 Å². The van der Waals surface area contributed by atoms with Gasteiger partial charge in [-0.2, -0.15) is 0 Å².